The number of amides is 1. The molecule has 0 heterocycles. The molecule has 8 heteroatoms. The van der Waals surface area contributed by atoms with Gasteiger partial charge in [0.05, 0.1) is 13.7 Å². The van der Waals surface area contributed by atoms with Crippen LogP contribution in [0.1, 0.15) is 28.4 Å². The Balaban J connectivity index is 1.80. The first-order valence-electron chi connectivity index (χ1n) is 8.86. The van der Waals surface area contributed by atoms with E-state index in [1.165, 1.54) is 0 Å². The van der Waals surface area contributed by atoms with Crippen molar-refractivity contribution in [2.45, 2.75) is 20.0 Å². The molecule has 0 aliphatic carbocycles. The Hall–Kier alpha value is -2.35. The van der Waals surface area contributed by atoms with Crippen molar-refractivity contribution in [3.05, 3.63) is 64.2 Å². The maximum Gasteiger partial charge on any atom is 0.269 e. The maximum absolute atomic E-state index is 12.3. The summed E-state index contributed by atoms with van der Waals surface area (Å²) in [7, 11) is 1.58. The zero-order chi connectivity index (χ0) is 20.4. The third-order valence-corrected chi connectivity index (χ3v) is 4.40. The van der Waals surface area contributed by atoms with Crippen LogP contribution in [0.15, 0.2) is 42.5 Å². The molecule has 0 radical (unpaired) electrons. The number of nitrogens with one attached hydrogen (secondary N) is 3. The van der Waals surface area contributed by atoms with Crippen molar-refractivity contribution in [1.82, 2.24) is 16.2 Å². The fourth-order valence-electron chi connectivity index (χ4n) is 2.45. The molecule has 2 aromatic carbocycles. The molecule has 0 atom stereocenters. The molecule has 150 valence electrons. The molecule has 0 spiro atoms. The quantitative estimate of drug-likeness (QED) is 0.449. The fraction of sp³-hybridized carbons (Fsp3) is 0.300. The van der Waals surface area contributed by atoms with Gasteiger partial charge in [0.1, 0.15) is 5.75 Å². The second-order valence-corrected chi connectivity index (χ2v) is 6.72. The molecule has 0 saturated carbocycles. The van der Waals surface area contributed by atoms with E-state index >= 15 is 0 Å². The van der Waals surface area contributed by atoms with E-state index in [4.69, 9.17) is 33.3 Å². The summed E-state index contributed by atoms with van der Waals surface area (Å²) >= 11 is 11.1. The lowest BCUT2D eigenvalue weighted by molar-refractivity contribution is 0.0943. The molecule has 28 heavy (non-hydrogen) atoms. The second-order valence-electron chi connectivity index (χ2n) is 5.88. The topological polar surface area (TPSA) is 71.6 Å². The van der Waals surface area contributed by atoms with Gasteiger partial charge in [-0.15, -0.1) is 0 Å². The predicted molar refractivity (Wildman–Crippen MR) is 115 cm³/mol. The van der Waals surface area contributed by atoms with Crippen LogP contribution in [-0.2, 0) is 17.8 Å². The van der Waals surface area contributed by atoms with E-state index < -0.39 is 0 Å². The molecule has 3 N–H and O–H groups in total. The minimum absolute atomic E-state index is 0.303. The molecule has 0 saturated heterocycles. The lowest BCUT2D eigenvalue weighted by Crippen LogP contribution is -2.47. The number of halogens is 1. The summed E-state index contributed by atoms with van der Waals surface area (Å²) < 4.78 is 10.7. The molecule has 0 unspecified atom stereocenters. The van der Waals surface area contributed by atoms with Crippen LogP contribution in [-0.4, -0.2) is 31.3 Å². The highest BCUT2D eigenvalue weighted by atomic mass is 35.5. The zero-order valence-electron chi connectivity index (χ0n) is 15.9. The molecule has 0 aliphatic heterocycles. The van der Waals surface area contributed by atoms with E-state index in [0.29, 0.717) is 41.2 Å². The van der Waals surface area contributed by atoms with Gasteiger partial charge < -0.3 is 14.8 Å². The summed E-state index contributed by atoms with van der Waals surface area (Å²) in [6.07, 6.45) is 0.784. The van der Waals surface area contributed by atoms with Gasteiger partial charge in [-0.05, 0) is 61.5 Å². The molecular weight excluding hydrogens is 398 g/mol. The number of methoxy groups -OCH3 is 1. The summed E-state index contributed by atoms with van der Waals surface area (Å²) in [6.45, 7) is 3.49. The van der Waals surface area contributed by atoms with Gasteiger partial charge in [-0.25, -0.2) is 0 Å². The van der Waals surface area contributed by atoms with Crippen molar-refractivity contribution < 1.29 is 14.3 Å². The number of hydrazine groups is 1. The van der Waals surface area contributed by atoms with Gasteiger partial charge in [-0.2, -0.15) is 0 Å². The van der Waals surface area contributed by atoms with Crippen LogP contribution < -0.4 is 20.9 Å². The number of ether oxygens (including phenoxy) is 2. The Morgan fingerprint density at radius 2 is 1.89 bits per heavy atom. The zero-order valence-corrected chi connectivity index (χ0v) is 17.5. The van der Waals surface area contributed by atoms with Crippen molar-refractivity contribution >= 4 is 34.8 Å². The molecule has 0 bridgehead atoms. The van der Waals surface area contributed by atoms with Crippen molar-refractivity contribution in [3.63, 3.8) is 0 Å². The third kappa shape index (κ3) is 6.99. The van der Waals surface area contributed by atoms with Crippen molar-refractivity contribution in [2.24, 2.45) is 0 Å². The highest BCUT2D eigenvalue weighted by Crippen LogP contribution is 2.20. The molecular formula is C20H24ClN3O3S. The first kappa shape index (κ1) is 21.9. The first-order chi connectivity index (χ1) is 13.5. The average Bonchev–Trinajstić information content (AvgIpc) is 2.71. The Morgan fingerprint density at radius 1 is 1.14 bits per heavy atom. The monoisotopic (exact) mass is 421 g/mol. The number of benzene rings is 2. The number of hydrogen-bond acceptors (Lipinski definition) is 4. The maximum atomic E-state index is 12.3. The summed E-state index contributed by atoms with van der Waals surface area (Å²) in [5, 5.41) is 4.09. The minimum atomic E-state index is -0.303. The molecule has 6 nitrogen and oxygen atoms in total. The summed E-state index contributed by atoms with van der Waals surface area (Å²) in [6, 6.07) is 12.8. The van der Waals surface area contributed by atoms with Gasteiger partial charge in [0.15, 0.2) is 5.11 Å². The Labute approximate surface area is 175 Å². The van der Waals surface area contributed by atoms with Crippen LogP contribution in [0, 0.1) is 0 Å². The van der Waals surface area contributed by atoms with Crippen molar-refractivity contribution in [1.29, 1.82) is 0 Å². The van der Waals surface area contributed by atoms with Gasteiger partial charge in [0.2, 0.25) is 0 Å². The van der Waals surface area contributed by atoms with Crippen LogP contribution in [0.2, 0.25) is 5.02 Å². The molecule has 2 aromatic rings. The normalized spacial score (nSPS) is 10.2. The van der Waals surface area contributed by atoms with E-state index in [9.17, 15) is 4.79 Å². The Bertz CT molecular complexity index is 800. The average molecular weight is 422 g/mol. The standard InChI is InChI=1S/C20H24ClN3O3S/c1-3-27-13-16-12-15(6-9-18(16)26-2)19(25)23-24-20(28)22-11-10-14-4-7-17(21)8-5-14/h4-9,12H,3,10-11,13H2,1-2H3,(H,23,25)(H2,22,24,28). The molecule has 0 aliphatic rings. The predicted octanol–water partition coefficient (Wildman–Crippen LogP) is 3.24. The van der Waals surface area contributed by atoms with Crippen LogP contribution >= 0.6 is 23.8 Å². The summed E-state index contributed by atoms with van der Waals surface area (Å²) in [5.74, 6) is 0.375. The van der Waals surface area contributed by atoms with E-state index in [-0.39, 0.29) is 5.91 Å². The minimum Gasteiger partial charge on any atom is -0.496 e. The van der Waals surface area contributed by atoms with E-state index in [2.05, 4.69) is 16.2 Å². The fourth-order valence-corrected chi connectivity index (χ4v) is 2.73. The molecule has 0 fully saturated rings. The van der Waals surface area contributed by atoms with Crippen LogP contribution in [0.3, 0.4) is 0 Å². The van der Waals surface area contributed by atoms with Gasteiger partial charge in [0.25, 0.3) is 5.91 Å². The van der Waals surface area contributed by atoms with Gasteiger partial charge in [-0.3, -0.25) is 15.6 Å². The lowest BCUT2D eigenvalue weighted by atomic mass is 10.1. The van der Waals surface area contributed by atoms with E-state index in [1.807, 2.05) is 31.2 Å². The number of carbonyl (C=O) groups excluding carboxylic acids is 1. The van der Waals surface area contributed by atoms with Gasteiger partial charge in [0, 0.05) is 29.3 Å². The summed E-state index contributed by atoms with van der Waals surface area (Å²) in [4.78, 5) is 12.3. The highest BCUT2D eigenvalue weighted by Gasteiger charge is 2.10. The van der Waals surface area contributed by atoms with Crippen LogP contribution in [0.5, 0.6) is 5.75 Å². The second kappa shape index (κ2) is 11.5. The third-order valence-electron chi connectivity index (χ3n) is 3.91. The molecule has 0 aromatic heterocycles. The number of thiocarbonyl (C=S) groups is 1. The number of carbonyl (C=O) groups is 1. The largest absolute Gasteiger partial charge is 0.496 e. The van der Waals surface area contributed by atoms with E-state index in [1.54, 1.807) is 25.3 Å². The van der Waals surface area contributed by atoms with Crippen LogP contribution in [0.4, 0.5) is 0 Å². The molecule has 2 rings (SSSR count). The van der Waals surface area contributed by atoms with Gasteiger partial charge in [-0.1, -0.05) is 23.7 Å². The highest BCUT2D eigenvalue weighted by molar-refractivity contribution is 7.80. The van der Waals surface area contributed by atoms with Crippen molar-refractivity contribution in [3.8, 4) is 5.75 Å². The SMILES string of the molecule is CCOCc1cc(C(=O)NNC(=S)NCCc2ccc(Cl)cc2)ccc1OC. The smallest absolute Gasteiger partial charge is 0.269 e. The number of hydrogen-bond donors (Lipinski definition) is 3. The van der Waals surface area contributed by atoms with Gasteiger partial charge >= 0.3 is 0 Å². The van der Waals surface area contributed by atoms with E-state index in [0.717, 1.165) is 17.5 Å². The molecule has 1 amide bonds. The van der Waals surface area contributed by atoms with Crippen molar-refractivity contribution in [2.75, 3.05) is 20.3 Å². The first-order valence-corrected chi connectivity index (χ1v) is 9.65. The summed E-state index contributed by atoms with van der Waals surface area (Å²) in [5.41, 5.74) is 7.72. The number of rotatable bonds is 8. The Morgan fingerprint density at radius 3 is 2.57 bits per heavy atom. The lowest BCUT2D eigenvalue weighted by Gasteiger charge is -2.13. The Kier molecular flexibility index (Phi) is 9.00. The van der Waals surface area contributed by atoms with Crippen LogP contribution in [0.25, 0.3) is 0 Å².